The van der Waals surface area contributed by atoms with Crippen molar-refractivity contribution in [2.45, 2.75) is 38.3 Å². The highest BCUT2D eigenvalue weighted by Crippen LogP contribution is 2.29. The quantitative estimate of drug-likeness (QED) is 0.299. The van der Waals surface area contributed by atoms with Crippen LogP contribution in [0.3, 0.4) is 0 Å². The van der Waals surface area contributed by atoms with Gasteiger partial charge in [-0.05, 0) is 61.4 Å². The van der Waals surface area contributed by atoms with Crippen molar-refractivity contribution in [2.24, 2.45) is 5.92 Å². The zero-order chi connectivity index (χ0) is 29.4. The molecule has 3 aromatic carbocycles. The van der Waals surface area contributed by atoms with Crippen LogP contribution >= 0.6 is 23.2 Å². The number of halogens is 2. The Morgan fingerprint density at radius 2 is 1.50 bits per heavy atom. The van der Waals surface area contributed by atoms with Crippen LogP contribution in [0.2, 0.25) is 10.0 Å². The average molecular weight is 607 g/mol. The van der Waals surface area contributed by atoms with Crippen LogP contribution in [0.15, 0.2) is 77.7 Å². The Labute approximate surface area is 245 Å². The van der Waals surface area contributed by atoms with Gasteiger partial charge in [-0.25, -0.2) is 8.42 Å². The summed E-state index contributed by atoms with van der Waals surface area (Å²) in [6, 6.07) is 18.2. The maximum absolute atomic E-state index is 14.0. The van der Waals surface area contributed by atoms with Gasteiger partial charge in [-0.1, -0.05) is 61.3 Å². The number of ether oxygens (including phenoxy) is 1. The van der Waals surface area contributed by atoms with Gasteiger partial charge < -0.3 is 15.0 Å². The molecule has 11 heteroatoms. The molecule has 0 aliphatic heterocycles. The number of anilines is 1. The van der Waals surface area contributed by atoms with E-state index >= 15 is 0 Å². The second-order valence-corrected chi connectivity index (χ2v) is 12.2. The van der Waals surface area contributed by atoms with Crippen LogP contribution in [0.25, 0.3) is 0 Å². The summed E-state index contributed by atoms with van der Waals surface area (Å²) in [7, 11) is -2.67. The monoisotopic (exact) mass is 605 g/mol. The number of carbonyl (C=O) groups is 2. The topological polar surface area (TPSA) is 96.0 Å². The lowest BCUT2D eigenvalue weighted by Gasteiger charge is -2.32. The highest BCUT2D eigenvalue weighted by Gasteiger charge is 2.33. The van der Waals surface area contributed by atoms with Crippen molar-refractivity contribution in [1.82, 2.24) is 10.2 Å². The van der Waals surface area contributed by atoms with E-state index in [1.807, 2.05) is 13.8 Å². The molecule has 3 rings (SSSR count). The van der Waals surface area contributed by atoms with Gasteiger partial charge in [0.2, 0.25) is 11.8 Å². The molecule has 8 nitrogen and oxygen atoms in total. The number of nitrogens with zero attached hydrogens (tertiary/aromatic N) is 2. The number of methoxy groups -OCH3 is 1. The summed E-state index contributed by atoms with van der Waals surface area (Å²) in [4.78, 5) is 28.4. The molecule has 0 spiro atoms. The number of nitrogens with one attached hydrogen (secondary N) is 1. The number of sulfonamides is 1. The molecular weight excluding hydrogens is 573 g/mol. The highest BCUT2D eigenvalue weighted by atomic mass is 35.5. The van der Waals surface area contributed by atoms with Crippen molar-refractivity contribution in [1.29, 1.82) is 0 Å². The maximum Gasteiger partial charge on any atom is 0.264 e. The largest absolute Gasteiger partial charge is 0.497 e. The molecule has 0 unspecified atom stereocenters. The Morgan fingerprint density at radius 1 is 0.900 bits per heavy atom. The number of hydrogen-bond acceptors (Lipinski definition) is 5. The molecule has 0 saturated carbocycles. The van der Waals surface area contributed by atoms with E-state index in [0.29, 0.717) is 27.9 Å². The van der Waals surface area contributed by atoms with Crippen LogP contribution < -0.4 is 14.4 Å². The highest BCUT2D eigenvalue weighted by molar-refractivity contribution is 7.92. The Bertz CT molecular complexity index is 1400. The van der Waals surface area contributed by atoms with Crippen molar-refractivity contribution >= 4 is 50.7 Å². The molecule has 0 fully saturated rings. The third-order valence-corrected chi connectivity index (χ3v) is 8.71. The summed E-state index contributed by atoms with van der Waals surface area (Å²) in [5.74, 6) is -0.275. The minimum absolute atomic E-state index is 0.0158. The fourth-order valence-electron chi connectivity index (χ4n) is 3.89. The molecule has 40 heavy (non-hydrogen) atoms. The summed E-state index contributed by atoms with van der Waals surface area (Å²) in [6.07, 6.45) is 0. The normalized spacial score (nSPS) is 12.1. The molecular formula is C29H33Cl2N3O5S. The Balaban J connectivity index is 2.04. The first-order valence-electron chi connectivity index (χ1n) is 12.7. The third-order valence-electron chi connectivity index (χ3n) is 6.21. The van der Waals surface area contributed by atoms with Gasteiger partial charge in [0.1, 0.15) is 18.3 Å². The second kappa shape index (κ2) is 13.9. The maximum atomic E-state index is 14.0. The molecule has 0 heterocycles. The van der Waals surface area contributed by atoms with E-state index in [4.69, 9.17) is 27.9 Å². The summed E-state index contributed by atoms with van der Waals surface area (Å²) < 4.78 is 33.8. The predicted molar refractivity (Wildman–Crippen MR) is 158 cm³/mol. The summed E-state index contributed by atoms with van der Waals surface area (Å²) in [6.45, 7) is 5.24. The number of carbonyl (C=O) groups excluding carboxylic acids is 2. The summed E-state index contributed by atoms with van der Waals surface area (Å²) in [5.41, 5.74) is 0.704. The predicted octanol–water partition coefficient (Wildman–Crippen LogP) is 5.39. The van der Waals surface area contributed by atoms with Gasteiger partial charge in [0.05, 0.1) is 17.7 Å². The van der Waals surface area contributed by atoms with Crippen LogP contribution in [-0.2, 0) is 26.2 Å². The smallest absolute Gasteiger partial charge is 0.264 e. The Morgan fingerprint density at radius 3 is 2.05 bits per heavy atom. The molecule has 0 aliphatic carbocycles. The minimum atomic E-state index is -4.17. The molecule has 3 aromatic rings. The van der Waals surface area contributed by atoms with E-state index in [1.54, 1.807) is 67.6 Å². The van der Waals surface area contributed by atoms with E-state index < -0.39 is 28.5 Å². The fraction of sp³-hybridized carbons (Fsp3) is 0.310. The van der Waals surface area contributed by atoms with Crippen molar-refractivity contribution in [2.75, 3.05) is 24.5 Å². The molecule has 214 valence electrons. The van der Waals surface area contributed by atoms with Gasteiger partial charge in [0.15, 0.2) is 0 Å². The van der Waals surface area contributed by atoms with Gasteiger partial charge >= 0.3 is 0 Å². The van der Waals surface area contributed by atoms with E-state index in [0.717, 1.165) is 4.31 Å². The number of rotatable bonds is 12. The SMILES string of the molecule is COc1ccc(N(CC(=O)N(Cc2c(Cl)cccc2Cl)[C@@H](C)C(=O)NCC(C)C)S(=O)(=O)c2ccccc2)cc1. The molecule has 0 saturated heterocycles. The van der Waals surface area contributed by atoms with Gasteiger partial charge in [-0.15, -0.1) is 0 Å². The lowest BCUT2D eigenvalue weighted by molar-refractivity contribution is -0.139. The van der Waals surface area contributed by atoms with Crippen LogP contribution in [-0.4, -0.2) is 51.4 Å². The average Bonchev–Trinajstić information content (AvgIpc) is 2.94. The first-order chi connectivity index (χ1) is 18.9. The molecule has 2 amide bonds. The molecule has 0 radical (unpaired) electrons. The van der Waals surface area contributed by atoms with Gasteiger partial charge in [-0.2, -0.15) is 0 Å². The van der Waals surface area contributed by atoms with Crippen LogP contribution in [0.4, 0.5) is 5.69 Å². The van der Waals surface area contributed by atoms with Crippen molar-refractivity contribution < 1.29 is 22.7 Å². The zero-order valence-corrected chi connectivity index (χ0v) is 25.1. The molecule has 0 aliphatic rings. The summed E-state index contributed by atoms with van der Waals surface area (Å²) >= 11 is 12.8. The van der Waals surface area contributed by atoms with E-state index in [-0.39, 0.29) is 29.0 Å². The summed E-state index contributed by atoms with van der Waals surface area (Å²) in [5, 5.41) is 3.49. The van der Waals surface area contributed by atoms with Gasteiger partial charge in [0, 0.05) is 28.7 Å². The fourth-order valence-corrected chi connectivity index (χ4v) is 5.84. The van der Waals surface area contributed by atoms with Crippen LogP contribution in [0.1, 0.15) is 26.3 Å². The molecule has 0 bridgehead atoms. The van der Waals surface area contributed by atoms with Crippen LogP contribution in [0.5, 0.6) is 5.75 Å². The van der Waals surface area contributed by atoms with Crippen molar-refractivity contribution in [3.05, 3.63) is 88.4 Å². The van der Waals surface area contributed by atoms with Crippen molar-refractivity contribution in [3.63, 3.8) is 0 Å². The third kappa shape index (κ3) is 7.68. The van der Waals surface area contributed by atoms with E-state index in [2.05, 4.69) is 5.32 Å². The standard InChI is InChI=1S/C29H33Cl2N3O5S/c1-20(2)17-32-29(36)21(3)33(18-25-26(30)11-8-12-27(25)31)28(35)19-34(22-13-15-23(39-4)16-14-22)40(37,38)24-9-6-5-7-10-24/h5-16,20-21H,17-19H2,1-4H3,(H,32,36)/t21-/m0/s1. The molecule has 0 aromatic heterocycles. The van der Waals surface area contributed by atoms with Gasteiger partial charge in [-0.3, -0.25) is 13.9 Å². The Hall–Kier alpha value is -3.27. The minimum Gasteiger partial charge on any atom is -0.497 e. The first-order valence-corrected chi connectivity index (χ1v) is 14.9. The first kappa shape index (κ1) is 31.3. The molecule has 1 N–H and O–H groups in total. The molecule has 1 atom stereocenters. The zero-order valence-electron chi connectivity index (χ0n) is 22.8. The lowest BCUT2D eigenvalue weighted by Crippen LogP contribution is -2.51. The number of hydrogen-bond donors (Lipinski definition) is 1. The Kier molecular flexibility index (Phi) is 10.8. The number of amides is 2. The second-order valence-electron chi connectivity index (χ2n) is 9.56. The van der Waals surface area contributed by atoms with Crippen LogP contribution in [0, 0.1) is 5.92 Å². The van der Waals surface area contributed by atoms with Gasteiger partial charge in [0.25, 0.3) is 10.0 Å². The van der Waals surface area contributed by atoms with Crippen molar-refractivity contribution in [3.8, 4) is 5.75 Å². The number of benzene rings is 3. The lowest BCUT2D eigenvalue weighted by atomic mass is 10.1. The van der Waals surface area contributed by atoms with E-state index in [1.165, 1.54) is 24.1 Å². The van der Waals surface area contributed by atoms with E-state index in [9.17, 15) is 18.0 Å².